The van der Waals surface area contributed by atoms with E-state index in [-0.39, 0.29) is 19.2 Å². The zero-order valence-corrected chi connectivity index (χ0v) is 27.1. The van der Waals surface area contributed by atoms with Crippen molar-refractivity contribution in [1.82, 2.24) is 19.7 Å². The summed E-state index contributed by atoms with van der Waals surface area (Å²) in [7, 11) is 0. The maximum Gasteiger partial charge on any atom is 0.416 e. The summed E-state index contributed by atoms with van der Waals surface area (Å²) in [6.45, 7) is 5.05. The zero-order valence-electron chi connectivity index (χ0n) is 27.1. The van der Waals surface area contributed by atoms with Crippen LogP contribution in [0.25, 0.3) is 10.9 Å². The Hall–Kier alpha value is -4.40. The number of alkyl halides is 6. The number of H-pyrrole nitrogens is 1. The molecule has 8 nitrogen and oxygen atoms in total. The van der Waals surface area contributed by atoms with Gasteiger partial charge < -0.3 is 19.5 Å². The lowest BCUT2D eigenvalue weighted by Gasteiger charge is -2.42. The van der Waals surface area contributed by atoms with Crippen LogP contribution in [0.5, 0.6) is 0 Å². The van der Waals surface area contributed by atoms with Gasteiger partial charge in [-0.05, 0) is 36.2 Å². The number of fused-ring (bicyclic) bond motifs is 1. The average molecular weight is 702 g/mol. The van der Waals surface area contributed by atoms with E-state index in [0.717, 1.165) is 35.1 Å². The van der Waals surface area contributed by atoms with Crippen LogP contribution < -0.4 is 0 Å². The number of morpholine rings is 1. The number of ether oxygens (including phenoxy) is 1. The van der Waals surface area contributed by atoms with Gasteiger partial charge in [-0.3, -0.25) is 14.6 Å². The fourth-order valence-electron chi connectivity index (χ4n) is 6.44. The number of amides is 1. The van der Waals surface area contributed by atoms with Crippen LogP contribution in [0.15, 0.2) is 84.1 Å². The van der Waals surface area contributed by atoms with E-state index in [2.05, 4.69) is 19.9 Å². The van der Waals surface area contributed by atoms with Crippen molar-refractivity contribution in [3.63, 3.8) is 0 Å². The molecule has 0 spiro atoms. The molecule has 1 unspecified atom stereocenters. The maximum absolute atomic E-state index is 13.9. The molecule has 4 aromatic rings. The summed E-state index contributed by atoms with van der Waals surface area (Å²) < 4.78 is 87.6. The van der Waals surface area contributed by atoms with Crippen molar-refractivity contribution >= 4 is 22.5 Å². The van der Waals surface area contributed by atoms with Crippen LogP contribution in [0.4, 0.5) is 26.3 Å². The predicted molar refractivity (Wildman–Crippen MR) is 176 cm³/mol. The molecule has 1 aromatic heterocycles. The summed E-state index contributed by atoms with van der Waals surface area (Å²) in [4.78, 5) is 28.6. The average Bonchev–Trinajstić information content (AvgIpc) is 3.52. The Labute approximate surface area is 285 Å². The maximum atomic E-state index is 13.9. The number of piperazine rings is 1. The molecule has 2 aliphatic heterocycles. The summed E-state index contributed by atoms with van der Waals surface area (Å²) in [5.74, 6) is -0.894. The van der Waals surface area contributed by atoms with E-state index in [0.29, 0.717) is 63.7 Å². The van der Waals surface area contributed by atoms with Crippen molar-refractivity contribution in [3.8, 4) is 0 Å². The van der Waals surface area contributed by atoms with Gasteiger partial charge in [0.25, 0.3) is 5.91 Å². The lowest BCUT2D eigenvalue weighted by Crippen LogP contribution is -2.56. The lowest BCUT2D eigenvalue weighted by molar-refractivity contribution is -0.143. The lowest BCUT2D eigenvalue weighted by atomic mass is 9.98. The third-order valence-electron chi connectivity index (χ3n) is 9.05. The fourth-order valence-corrected chi connectivity index (χ4v) is 6.44. The number of carbonyl (C=O) groups excluding carboxylic acids is 1. The van der Waals surface area contributed by atoms with Crippen LogP contribution in [0.3, 0.4) is 0 Å². The van der Waals surface area contributed by atoms with E-state index in [4.69, 9.17) is 9.57 Å². The number of nitrogens with one attached hydrogen (secondary N) is 1. The van der Waals surface area contributed by atoms with Gasteiger partial charge in [0.15, 0.2) is 0 Å². The molecule has 0 aliphatic carbocycles. The van der Waals surface area contributed by atoms with Crippen LogP contribution in [-0.4, -0.2) is 103 Å². The second-order valence-electron chi connectivity index (χ2n) is 12.4. The van der Waals surface area contributed by atoms with Crippen molar-refractivity contribution in [2.75, 3.05) is 65.6 Å². The highest BCUT2D eigenvalue weighted by Crippen LogP contribution is 2.37. The molecule has 50 heavy (non-hydrogen) atoms. The summed E-state index contributed by atoms with van der Waals surface area (Å²) in [5, 5.41) is 5.41. The molecule has 6 rings (SSSR count). The topological polar surface area (TPSA) is 73.4 Å². The van der Waals surface area contributed by atoms with E-state index in [9.17, 15) is 31.1 Å². The summed E-state index contributed by atoms with van der Waals surface area (Å²) in [6.07, 6.45) is -8.02. The molecule has 1 atom stereocenters. The van der Waals surface area contributed by atoms with Gasteiger partial charge in [0.05, 0.1) is 24.3 Å². The monoisotopic (exact) mass is 701 g/mol. The Morgan fingerprint density at radius 3 is 2.22 bits per heavy atom. The van der Waals surface area contributed by atoms with Crippen LogP contribution in [0, 0.1) is 0 Å². The van der Waals surface area contributed by atoms with Crippen molar-refractivity contribution in [3.05, 3.63) is 107 Å². The molecule has 2 saturated heterocycles. The first-order valence-electron chi connectivity index (χ1n) is 16.4. The van der Waals surface area contributed by atoms with Crippen molar-refractivity contribution < 1.29 is 40.7 Å². The van der Waals surface area contributed by atoms with E-state index < -0.39 is 41.0 Å². The predicted octanol–water partition coefficient (Wildman–Crippen LogP) is 6.33. The van der Waals surface area contributed by atoms with Gasteiger partial charge in [-0.25, -0.2) is 0 Å². The Bertz CT molecular complexity index is 1750. The number of hydrogen-bond donors (Lipinski definition) is 1. The number of aromatic nitrogens is 1. The van der Waals surface area contributed by atoms with Crippen LogP contribution in [-0.2, 0) is 28.3 Å². The molecule has 3 heterocycles. The largest absolute Gasteiger partial charge is 0.416 e. The fraction of sp³-hybridized carbons (Fsp3) is 0.389. The van der Waals surface area contributed by atoms with Gasteiger partial charge in [-0.15, -0.1) is 0 Å². The molecule has 2 fully saturated rings. The molecule has 266 valence electrons. The number of rotatable bonds is 10. The number of halogens is 6. The molecule has 14 heteroatoms. The molecule has 1 N–H and O–H groups in total. The van der Waals surface area contributed by atoms with E-state index in [1.165, 1.54) is 4.90 Å². The summed E-state index contributed by atoms with van der Waals surface area (Å²) >= 11 is 0. The molecule has 0 saturated carbocycles. The van der Waals surface area contributed by atoms with Crippen LogP contribution in [0.1, 0.15) is 32.6 Å². The molecule has 3 aromatic carbocycles. The van der Waals surface area contributed by atoms with Gasteiger partial charge in [0.1, 0.15) is 12.3 Å². The van der Waals surface area contributed by atoms with Gasteiger partial charge in [0, 0.05) is 80.1 Å². The number of aromatic amines is 1. The van der Waals surface area contributed by atoms with Gasteiger partial charge in [-0.2, -0.15) is 26.3 Å². The number of carbonyl (C=O) groups is 1. The SMILES string of the molecule is O=C(c1cc(C(F)(F)F)cc(C(F)(F)F)c1)N1CCN(CC(=NOCCN2CCOCC2)c2ccccc2)CC1Cc1c[nH]c2ccccc12. The number of para-hydroxylation sites is 1. The zero-order chi connectivity index (χ0) is 35.3. The molecule has 0 radical (unpaired) electrons. The molecular formula is C36H37F6N5O3. The quantitative estimate of drug-likeness (QED) is 0.0907. The minimum Gasteiger partial charge on any atom is -0.394 e. The standard InChI is InChI=1S/C36H37F6N5O3/c37-35(38,39)28-18-26(19-29(21-28)36(40,41)42)34(48)47-11-10-46(23-30(47)20-27-22-43-32-9-5-4-8-31(27)32)24-33(25-6-2-1-3-7-25)44-50-17-14-45-12-15-49-16-13-45/h1-9,18-19,21-22,30,43H,10-17,20,23-24H2. The normalized spacial score (nSPS) is 18.5. The number of hydrogen-bond acceptors (Lipinski definition) is 6. The van der Waals surface area contributed by atoms with Gasteiger partial charge in [0.2, 0.25) is 0 Å². The molecule has 1 amide bonds. The summed E-state index contributed by atoms with van der Waals surface area (Å²) in [5.41, 5.74) is -0.480. The third kappa shape index (κ3) is 8.66. The Kier molecular flexibility index (Phi) is 10.8. The highest BCUT2D eigenvalue weighted by atomic mass is 19.4. The van der Waals surface area contributed by atoms with E-state index in [1.807, 2.05) is 60.8 Å². The Morgan fingerprint density at radius 1 is 0.840 bits per heavy atom. The first-order chi connectivity index (χ1) is 24.0. The van der Waals surface area contributed by atoms with Gasteiger partial charge in [-0.1, -0.05) is 53.7 Å². The minimum absolute atomic E-state index is 0.0333. The van der Waals surface area contributed by atoms with E-state index >= 15 is 0 Å². The Morgan fingerprint density at radius 2 is 1.52 bits per heavy atom. The minimum atomic E-state index is -5.07. The third-order valence-corrected chi connectivity index (χ3v) is 9.05. The second-order valence-corrected chi connectivity index (χ2v) is 12.4. The first kappa shape index (κ1) is 35.4. The number of oxime groups is 1. The highest BCUT2D eigenvalue weighted by Gasteiger charge is 2.39. The molecule has 2 aliphatic rings. The first-order valence-corrected chi connectivity index (χ1v) is 16.4. The number of benzene rings is 3. The second kappa shape index (κ2) is 15.2. The highest BCUT2D eigenvalue weighted by molar-refractivity contribution is 6.01. The van der Waals surface area contributed by atoms with Crippen molar-refractivity contribution in [2.45, 2.75) is 24.8 Å². The molecule has 0 bridgehead atoms. The summed E-state index contributed by atoms with van der Waals surface area (Å²) in [6, 6.07) is 17.5. The Balaban J connectivity index is 1.26. The van der Waals surface area contributed by atoms with Crippen LogP contribution >= 0.6 is 0 Å². The smallest absolute Gasteiger partial charge is 0.394 e. The van der Waals surface area contributed by atoms with Crippen molar-refractivity contribution in [2.24, 2.45) is 5.16 Å². The number of nitrogens with zero attached hydrogens (tertiary/aromatic N) is 4. The van der Waals surface area contributed by atoms with Gasteiger partial charge >= 0.3 is 12.4 Å². The van der Waals surface area contributed by atoms with Crippen LogP contribution in [0.2, 0.25) is 0 Å². The van der Waals surface area contributed by atoms with E-state index in [1.54, 1.807) is 0 Å². The van der Waals surface area contributed by atoms with Crippen molar-refractivity contribution in [1.29, 1.82) is 0 Å². The molecular weight excluding hydrogens is 664 g/mol.